The van der Waals surface area contributed by atoms with Crippen molar-refractivity contribution in [3.63, 3.8) is 0 Å². The highest BCUT2D eigenvalue weighted by Gasteiger charge is 2.23. The molecule has 10 heteroatoms. The number of hydrazine groups is 1. The van der Waals surface area contributed by atoms with Crippen molar-refractivity contribution in [1.29, 1.82) is 0 Å². The number of nitrogens with two attached hydrogens (primary N) is 2. The molecule has 3 aromatic heterocycles. The zero-order chi connectivity index (χ0) is 22.1. The standard InChI is InChI=1S/C22H26N8O2/c23-18(22(31)27-8-16-7-20-19(9-26-16)25-5-6-32-20)13-30(24)12-17-11-29-10-15(14-1-2-14)3-4-21(29)28-17/h3-4,7,9-11,13-14,25H,1-2,5-6,8,12,23-24H2,(H,27,31)/b18-13-. The lowest BCUT2D eigenvalue weighted by Gasteiger charge is -2.19. The maximum absolute atomic E-state index is 12.4. The minimum Gasteiger partial charge on any atom is -0.489 e. The number of nitrogens with one attached hydrogen (secondary N) is 2. The number of rotatable bonds is 7. The molecule has 0 radical (unpaired) electrons. The highest BCUT2D eigenvalue weighted by atomic mass is 16.5. The van der Waals surface area contributed by atoms with Crippen LogP contribution in [0.2, 0.25) is 0 Å². The van der Waals surface area contributed by atoms with Gasteiger partial charge in [0.25, 0.3) is 5.91 Å². The van der Waals surface area contributed by atoms with Gasteiger partial charge in [-0.3, -0.25) is 9.78 Å². The number of pyridine rings is 2. The fourth-order valence-corrected chi connectivity index (χ4v) is 3.71. The first kappa shape index (κ1) is 20.1. The van der Waals surface area contributed by atoms with Crippen molar-refractivity contribution in [2.24, 2.45) is 11.6 Å². The van der Waals surface area contributed by atoms with Crippen LogP contribution in [0.25, 0.3) is 5.65 Å². The van der Waals surface area contributed by atoms with Crippen LogP contribution in [-0.4, -0.2) is 38.4 Å². The van der Waals surface area contributed by atoms with Gasteiger partial charge >= 0.3 is 0 Å². The Bertz CT molecular complexity index is 1180. The third kappa shape index (κ3) is 4.45. The lowest BCUT2D eigenvalue weighted by molar-refractivity contribution is -0.117. The molecule has 1 aliphatic heterocycles. The topological polar surface area (TPSA) is 136 Å². The molecule has 1 fully saturated rings. The Hall–Kier alpha value is -3.79. The summed E-state index contributed by atoms with van der Waals surface area (Å²) in [6.45, 7) is 1.90. The zero-order valence-electron chi connectivity index (χ0n) is 17.6. The van der Waals surface area contributed by atoms with Crippen molar-refractivity contribution in [3.05, 3.63) is 65.6 Å². The van der Waals surface area contributed by atoms with Crippen LogP contribution in [0.1, 0.15) is 35.7 Å². The second-order valence-corrected chi connectivity index (χ2v) is 8.12. The second kappa shape index (κ2) is 8.39. The van der Waals surface area contributed by atoms with E-state index in [1.807, 2.05) is 16.7 Å². The summed E-state index contributed by atoms with van der Waals surface area (Å²) in [6.07, 6.45) is 9.68. The molecular weight excluding hydrogens is 408 g/mol. The zero-order valence-corrected chi connectivity index (χ0v) is 17.6. The van der Waals surface area contributed by atoms with Gasteiger partial charge < -0.3 is 30.5 Å². The molecule has 5 rings (SSSR count). The first-order chi connectivity index (χ1) is 15.5. The van der Waals surface area contributed by atoms with Gasteiger partial charge in [0.2, 0.25) is 0 Å². The van der Waals surface area contributed by atoms with Crippen LogP contribution in [0.15, 0.2) is 48.7 Å². The van der Waals surface area contributed by atoms with Crippen molar-refractivity contribution in [2.75, 3.05) is 18.5 Å². The minimum atomic E-state index is -0.428. The molecule has 1 amide bonds. The molecule has 4 heterocycles. The minimum absolute atomic E-state index is 0.00293. The predicted octanol–water partition coefficient (Wildman–Crippen LogP) is 1.20. The highest BCUT2D eigenvalue weighted by molar-refractivity contribution is 5.92. The molecule has 1 aliphatic carbocycles. The summed E-state index contributed by atoms with van der Waals surface area (Å²) in [5.41, 5.74) is 10.4. The number of carbonyl (C=O) groups is 1. The van der Waals surface area contributed by atoms with Crippen LogP contribution in [0.5, 0.6) is 5.75 Å². The van der Waals surface area contributed by atoms with Gasteiger partial charge in [-0.25, -0.2) is 10.8 Å². The molecule has 0 saturated heterocycles. The molecule has 1 saturated carbocycles. The van der Waals surface area contributed by atoms with E-state index in [-0.39, 0.29) is 12.2 Å². The monoisotopic (exact) mass is 434 g/mol. The molecule has 0 unspecified atom stereocenters. The van der Waals surface area contributed by atoms with Crippen LogP contribution < -0.4 is 26.9 Å². The molecule has 10 nitrogen and oxygen atoms in total. The van der Waals surface area contributed by atoms with Gasteiger partial charge in [0, 0.05) is 31.2 Å². The fourth-order valence-electron chi connectivity index (χ4n) is 3.71. The quantitative estimate of drug-likeness (QED) is 0.247. The van der Waals surface area contributed by atoms with E-state index < -0.39 is 5.91 Å². The summed E-state index contributed by atoms with van der Waals surface area (Å²) in [7, 11) is 0. The molecule has 0 bridgehead atoms. The van der Waals surface area contributed by atoms with Crippen molar-refractivity contribution < 1.29 is 9.53 Å². The van der Waals surface area contributed by atoms with E-state index in [1.54, 1.807) is 12.3 Å². The molecule has 166 valence electrons. The maximum atomic E-state index is 12.4. The van der Waals surface area contributed by atoms with E-state index in [0.717, 1.165) is 29.3 Å². The van der Waals surface area contributed by atoms with Crippen molar-refractivity contribution in [1.82, 2.24) is 24.7 Å². The van der Waals surface area contributed by atoms with Gasteiger partial charge in [-0.15, -0.1) is 0 Å². The van der Waals surface area contributed by atoms with Crippen LogP contribution in [0.3, 0.4) is 0 Å². The molecule has 0 spiro atoms. The molecule has 0 aromatic carbocycles. The van der Waals surface area contributed by atoms with E-state index in [2.05, 4.69) is 32.9 Å². The lowest BCUT2D eigenvalue weighted by atomic mass is 10.2. The lowest BCUT2D eigenvalue weighted by Crippen LogP contribution is -2.32. The third-order valence-corrected chi connectivity index (χ3v) is 5.51. The number of imidazole rings is 1. The molecule has 3 aromatic rings. The summed E-state index contributed by atoms with van der Waals surface area (Å²) in [4.78, 5) is 21.3. The molecular formula is C22H26N8O2. The Morgan fingerprint density at radius 3 is 3.06 bits per heavy atom. The first-order valence-corrected chi connectivity index (χ1v) is 10.6. The van der Waals surface area contributed by atoms with Gasteiger partial charge in [0.1, 0.15) is 23.7 Å². The van der Waals surface area contributed by atoms with E-state index in [1.165, 1.54) is 29.6 Å². The van der Waals surface area contributed by atoms with Gasteiger partial charge in [0.15, 0.2) is 0 Å². The van der Waals surface area contributed by atoms with Crippen LogP contribution in [0.4, 0.5) is 5.69 Å². The number of anilines is 1. The van der Waals surface area contributed by atoms with E-state index in [9.17, 15) is 4.79 Å². The maximum Gasteiger partial charge on any atom is 0.269 e. The Balaban J connectivity index is 1.17. The van der Waals surface area contributed by atoms with Gasteiger partial charge in [0.05, 0.1) is 36.4 Å². The van der Waals surface area contributed by atoms with Crippen molar-refractivity contribution in [2.45, 2.75) is 31.8 Å². The first-order valence-electron chi connectivity index (χ1n) is 10.6. The van der Waals surface area contributed by atoms with Crippen molar-refractivity contribution >= 4 is 17.2 Å². The summed E-state index contributed by atoms with van der Waals surface area (Å²) in [6, 6.07) is 5.95. The largest absolute Gasteiger partial charge is 0.489 e. The number of ether oxygens (including phenoxy) is 1. The number of aromatic nitrogens is 3. The Labute approximate surface area is 185 Å². The Morgan fingerprint density at radius 1 is 1.34 bits per heavy atom. The average Bonchev–Trinajstić information content (AvgIpc) is 3.57. The van der Waals surface area contributed by atoms with Crippen molar-refractivity contribution in [3.8, 4) is 5.75 Å². The summed E-state index contributed by atoms with van der Waals surface area (Å²) < 4.78 is 7.60. The predicted molar refractivity (Wildman–Crippen MR) is 119 cm³/mol. The van der Waals surface area contributed by atoms with Gasteiger partial charge in [-0.05, 0) is 30.4 Å². The number of carbonyl (C=O) groups excluding carboxylic acids is 1. The summed E-state index contributed by atoms with van der Waals surface area (Å²) >= 11 is 0. The molecule has 0 atom stereocenters. The summed E-state index contributed by atoms with van der Waals surface area (Å²) in [5, 5.41) is 7.31. The molecule has 2 aliphatic rings. The Kier molecular flexibility index (Phi) is 5.28. The van der Waals surface area contributed by atoms with E-state index in [0.29, 0.717) is 24.8 Å². The molecule has 6 N–H and O–H groups in total. The van der Waals surface area contributed by atoms with Crippen LogP contribution in [-0.2, 0) is 17.9 Å². The summed E-state index contributed by atoms with van der Waals surface area (Å²) in [5.74, 6) is 7.03. The normalized spacial score (nSPS) is 15.6. The SMILES string of the molecule is N/C(=C\N(N)Cc1cn2cc(C3CC3)ccc2n1)C(=O)NCc1cc2c(cn1)NCCO2. The van der Waals surface area contributed by atoms with E-state index >= 15 is 0 Å². The average molecular weight is 435 g/mol. The second-order valence-electron chi connectivity index (χ2n) is 8.12. The number of hydrogen-bond acceptors (Lipinski definition) is 8. The van der Waals surface area contributed by atoms with E-state index in [4.69, 9.17) is 16.3 Å². The van der Waals surface area contributed by atoms with Gasteiger partial charge in [-0.2, -0.15) is 0 Å². The highest BCUT2D eigenvalue weighted by Crippen LogP contribution is 2.39. The number of hydrogen-bond donors (Lipinski definition) is 4. The fraction of sp³-hybridized carbons (Fsp3) is 0.318. The number of fused-ring (bicyclic) bond motifs is 2. The third-order valence-electron chi connectivity index (χ3n) is 5.51. The number of nitrogens with zero attached hydrogens (tertiary/aromatic N) is 4. The Morgan fingerprint density at radius 2 is 2.22 bits per heavy atom. The van der Waals surface area contributed by atoms with Crippen LogP contribution in [0, 0.1) is 0 Å². The molecule has 32 heavy (non-hydrogen) atoms. The smallest absolute Gasteiger partial charge is 0.269 e. The van der Waals surface area contributed by atoms with Gasteiger partial charge in [-0.1, -0.05) is 6.07 Å². The van der Waals surface area contributed by atoms with Crippen LogP contribution >= 0.6 is 0 Å². The number of amides is 1.